The summed E-state index contributed by atoms with van der Waals surface area (Å²) in [4.78, 5) is 27.6. The number of hydrogen-bond acceptors (Lipinski definition) is 7. The van der Waals surface area contributed by atoms with E-state index in [2.05, 4.69) is 49.5 Å². The van der Waals surface area contributed by atoms with Gasteiger partial charge in [-0.3, -0.25) is 10.1 Å². The molecule has 0 saturated carbocycles. The lowest BCUT2D eigenvalue weighted by molar-refractivity contribution is -0.384. The number of carbonyl (C=O) groups is 1. The van der Waals surface area contributed by atoms with Gasteiger partial charge in [-0.2, -0.15) is 0 Å². The summed E-state index contributed by atoms with van der Waals surface area (Å²) in [7, 11) is -2.04. The minimum atomic E-state index is -2.04. The number of rotatable bonds is 10. The molecule has 2 N–H and O–H groups in total. The molecule has 1 amide bonds. The molecule has 0 saturated heterocycles. The molecule has 2 rings (SSSR count). The molecule has 194 valence electrons. The average molecular weight is 505 g/mol. The van der Waals surface area contributed by atoms with E-state index in [4.69, 9.17) is 9.16 Å². The second-order valence-corrected chi connectivity index (χ2v) is 16.1. The maximum absolute atomic E-state index is 12.0. The van der Waals surface area contributed by atoms with Crippen LogP contribution in [-0.2, 0) is 9.16 Å². The Kier molecular flexibility index (Phi) is 9.24. The molecule has 1 atom stereocenters. The van der Waals surface area contributed by atoms with Crippen LogP contribution < -0.4 is 10.6 Å². The Morgan fingerprint density at radius 3 is 2.43 bits per heavy atom. The number of carbonyl (C=O) groups excluding carboxylic acids is 1. The molecule has 1 aromatic carbocycles. The van der Waals surface area contributed by atoms with Crippen molar-refractivity contribution < 1.29 is 18.9 Å². The SMILES string of the molecule is CC(C)(C)OC(=O)NCCC[C@@H](CO[Si](C)(C)C(C)(C)C)Nc1c([N+](=O)[O-])cnc2ccccc12. The van der Waals surface area contributed by atoms with E-state index in [9.17, 15) is 14.9 Å². The van der Waals surface area contributed by atoms with Crippen LogP contribution in [-0.4, -0.2) is 49.1 Å². The molecule has 0 unspecified atom stereocenters. The van der Waals surface area contributed by atoms with Crippen molar-refractivity contribution >= 4 is 36.7 Å². The fourth-order valence-corrected chi connectivity index (χ4v) is 4.25. The number of para-hydroxylation sites is 1. The zero-order chi connectivity index (χ0) is 26.4. The molecule has 9 nitrogen and oxygen atoms in total. The lowest BCUT2D eigenvalue weighted by Gasteiger charge is -2.37. The Morgan fingerprint density at radius 2 is 1.83 bits per heavy atom. The third kappa shape index (κ3) is 8.46. The van der Waals surface area contributed by atoms with Crippen LogP contribution in [0.5, 0.6) is 0 Å². The van der Waals surface area contributed by atoms with Gasteiger partial charge in [0.15, 0.2) is 8.32 Å². The van der Waals surface area contributed by atoms with Gasteiger partial charge >= 0.3 is 11.8 Å². The highest BCUT2D eigenvalue weighted by Crippen LogP contribution is 2.37. The van der Waals surface area contributed by atoms with E-state index in [1.807, 2.05) is 45.0 Å². The largest absolute Gasteiger partial charge is 0.444 e. The molecule has 35 heavy (non-hydrogen) atoms. The van der Waals surface area contributed by atoms with Gasteiger partial charge in [-0.15, -0.1) is 0 Å². The van der Waals surface area contributed by atoms with Crippen molar-refractivity contribution in [3.05, 3.63) is 40.6 Å². The molecule has 0 fully saturated rings. The van der Waals surface area contributed by atoms with Gasteiger partial charge in [0.05, 0.1) is 17.0 Å². The molecule has 0 aliphatic carbocycles. The molecule has 0 aliphatic rings. The number of aromatic nitrogens is 1. The van der Waals surface area contributed by atoms with E-state index < -0.39 is 24.9 Å². The summed E-state index contributed by atoms with van der Waals surface area (Å²) in [5, 5.41) is 18.7. The molecule has 1 aromatic heterocycles. The number of amides is 1. The van der Waals surface area contributed by atoms with Gasteiger partial charge in [0.25, 0.3) is 0 Å². The fourth-order valence-electron chi connectivity index (χ4n) is 3.20. The van der Waals surface area contributed by atoms with Crippen LogP contribution in [0.3, 0.4) is 0 Å². The van der Waals surface area contributed by atoms with Gasteiger partial charge in [-0.1, -0.05) is 39.0 Å². The van der Waals surface area contributed by atoms with Gasteiger partial charge in [0, 0.05) is 18.0 Å². The zero-order valence-corrected chi connectivity index (χ0v) is 23.2. The third-order valence-corrected chi connectivity index (χ3v) is 10.7. The number of pyridine rings is 1. The summed E-state index contributed by atoms with van der Waals surface area (Å²) in [6.07, 6.45) is 2.11. The summed E-state index contributed by atoms with van der Waals surface area (Å²) in [6, 6.07) is 7.15. The number of alkyl carbamates (subject to hydrolysis) is 1. The van der Waals surface area contributed by atoms with Crippen molar-refractivity contribution in [3.8, 4) is 0 Å². The van der Waals surface area contributed by atoms with Crippen LogP contribution in [0.2, 0.25) is 18.1 Å². The maximum atomic E-state index is 12.0. The normalized spacial score (nSPS) is 13.4. The minimum Gasteiger partial charge on any atom is -0.444 e. The highest BCUT2D eigenvalue weighted by atomic mass is 28.4. The first-order chi connectivity index (χ1) is 16.1. The lowest BCUT2D eigenvalue weighted by atomic mass is 10.1. The van der Waals surface area contributed by atoms with E-state index in [1.54, 1.807) is 0 Å². The van der Waals surface area contributed by atoms with Crippen molar-refractivity contribution in [1.82, 2.24) is 10.3 Å². The molecule has 0 aliphatic heterocycles. The quantitative estimate of drug-likeness (QED) is 0.170. The van der Waals surface area contributed by atoms with E-state index in [-0.39, 0.29) is 16.8 Å². The monoisotopic (exact) mass is 504 g/mol. The van der Waals surface area contributed by atoms with Crippen LogP contribution >= 0.6 is 0 Å². The highest BCUT2D eigenvalue weighted by molar-refractivity contribution is 6.74. The number of hydrogen-bond donors (Lipinski definition) is 2. The van der Waals surface area contributed by atoms with Crippen LogP contribution in [0.15, 0.2) is 30.5 Å². The van der Waals surface area contributed by atoms with Crippen LogP contribution in [0.4, 0.5) is 16.2 Å². The molecule has 1 heterocycles. The molecular weight excluding hydrogens is 464 g/mol. The van der Waals surface area contributed by atoms with Crippen LogP contribution in [0, 0.1) is 10.1 Å². The predicted molar refractivity (Wildman–Crippen MR) is 142 cm³/mol. The first-order valence-electron chi connectivity index (χ1n) is 12.0. The van der Waals surface area contributed by atoms with Crippen molar-refractivity contribution in [3.63, 3.8) is 0 Å². The Balaban J connectivity index is 2.22. The zero-order valence-electron chi connectivity index (χ0n) is 22.2. The van der Waals surface area contributed by atoms with Gasteiger partial charge < -0.3 is 19.8 Å². The second-order valence-electron chi connectivity index (χ2n) is 11.3. The summed E-state index contributed by atoms with van der Waals surface area (Å²) in [5.41, 5.74) is 0.473. The summed E-state index contributed by atoms with van der Waals surface area (Å²) >= 11 is 0. The molecule has 0 spiro atoms. The topological polar surface area (TPSA) is 116 Å². The van der Waals surface area contributed by atoms with Crippen molar-refractivity contribution in [2.45, 2.75) is 84.2 Å². The first kappa shape index (κ1) is 28.5. The molecule has 0 radical (unpaired) electrons. The highest BCUT2D eigenvalue weighted by Gasteiger charge is 2.37. The summed E-state index contributed by atoms with van der Waals surface area (Å²) in [5.74, 6) is 0. The first-order valence-corrected chi connectivity index (χ1v) is 14.9. The van der Waals surface area contributed by atoms with Crippen molar-refractivity contribution in [1.29, 1.82) is 0 Å². The molecule has 2 aromatic rings. The fraction of sp³-hybridized carbons (Fsp3) is 0.600. The second kappa shape index (κ2) is 11.3. The number of nitrogens with one attached hydrogen (secondary N) is 2. The number of ether oxygens (including phenoxy) is 1. The van der Waals surface area contributed by atoms with Gasteiger partial charge in [0.2, 0.25) is 0 Å². The summed E-state index contributed by atoms with van der Waals surface area (Å²) < 4.78 is 11.8. The standard InChI is InChI=1S/C25H40N4O5Si/c1-24(2,3)34-23(30)26-15-11-12-18(17-33-35(7,8)25(4,5)6)28-22-19-13-9-10-14-20(19)27-16-21(22)29(31)32/h9-10,13-14,16,18H,11-12,15,17H2,1-8H3,(H,26,30)(H,27,28)/t18-/m0/s1. The minimum absolute atomic E-state index is 0.0329. The van der Waals surface area contributed by atoms with E-state index >= 15 is 0 Å². The Bertz CT molecular complexity index is 1030. The maximum Gasteiger partial charge on any atom is 0.407 e. The molecule has 10 heteroatoms. The van der Waals surface area contributed by atoms with E-state index in [1.165, 1.54) is 6.20 Å². The number of nitrogens with zero attached hydrogens (tertiary/aromatic N) is 2. The van der Waals surface area contributed by atoms with Gasteiger partial charge in [-0.25, -0.2) is 9.78 Å². The van der Waals surface area contributed by atoms with Crippen LogP contribution in [0.25, 0.3) is 10.9 Å². The Hall–Kier alpha value is -2.72. The van der Waals surface area contributed by atoms with E-state index in [0.717, 1.165) is 0 Å². The molecular formula is C25H40N4O5Si. The summed E-state index contributed by atoms with van der Waals surface area (Å²) in [6.45, 7) is 17.2. The van der Waals surface area contributed by atoms with Crippen molar-refractivity contribution in [2.24, 2.45) is 0 Å². The Morgan fingerprint density at radius 1 is 1.17 bits per heavy atom. The van der Waals surface area contributed by atoms with Gasteiger partial charge in [-0.05, 0) is 57.8 Å². The number of fused-ring (bicyclic) bond motifs is 1. The smallest absolute Gasteiger partial charge is 0.407 e. The van der Waals surface area contributed by atoms with E-state index in [0.29, 0.717) is 42.6 Å². The van der Waals surface area contributed by atoms with Crippen LogP contribution in [0.1, 0.15) is 54.4 Å². The third-order valence-electron chi connectivity index (χ3n) is 6.15. The Labute approximate surface area is 209 Å². The predicted octanol–water partition coefficient (Wildman–Crippen LogP) is 6.25. The number of benzene rings is 1. The number of nitro groups is 1. The van der Waals surface area contributed by atoms with Gasteiger partial charge in [0.1, 0.15) is 17.5 Å². The average Bonchev–Trinajstić information content (AvgIpc) is 2.72. The van der Waals surface area contributed by atoms with Crippen molar-refractivity contribution in [2.75, 3.05) is 18.5 Å². The number of anilines is 1. The lowest BCUT2D eigenvalue weighted by Crippen LogP contribution is -2.44. The molecule has 0 bridgehead atoms.